The van der Waals surface area contributed by atoms with Gasteiger partial charge in [0.15, 0.2) is 0 Å². The van der Waals surface area contributed by atoms with Gasteiger partial charge in [0.25, 0.3) is 0 Å². The molecule has 3 nitrogen and oxygen atoms in total. The molecule has 0 atom stereocenters. The quantitative estimate of drug-likeness (QED) is 0.592. The van der Waals surface area contributed by atoms with Crippen molar-refractivity contribution >= 4 is 0 Å². The molecule has 0 radical (unpaired) electrons. The van der Waals surface area contributed by atoms with Gasteiger partial charge in [-0.15, -0.1) is 0 Å². The van der Waals surface area contributed by atoms with E-state index in [-0.39, 0.29) is 0 Å². The topological polar surface area (TPSA) is 35.5 Å². The van der Waals surface area contributed by atoms with Crippen molar-refractivity contribution in [3.05, 3.63) is 0 Å². The molecule has 20 heavy (non-hydrogen) atoms. The second kappa shape index (κ2) is 4.98. The van der Waals surface area contributed by atoms with Gasteiger partial charge in [0, 0.05) is 0 Å². The van der Waals surface area contributed by atoms with E-state index in [9.17, 15) is 3.32 Å². The summed E-state index contributed by atoms with van der Waals surface area (Å²) in [5, 5.41) is 0. The summed E-state index contributed by atoms with van der Waals surface area (Å²) in [5.74, 6) is 0. The molecular formula is C16H36O3Ti. The van der Waals surface area contributed by atoms with E-state index in [1.807, 2.05) is 83.1 Å². The molecule has 0 saturated carbocycles. The molecule has 0 aliphatic carbocycles. The fourth-order valence-electron chi connectivity index (χ4n) is 2.87. The van der Waals surface area contributed by atoms with Gasteiger partial charge in [-0.05, 0) is 0 Å². The van der Waals surface area contributed by atoms with Gasteiger partial charge >= 0.3 is 128 Å². The Morgan fingerprint density at radius 3 is 0.850 bits per heavy atom. The summed E-state index contributed by atoms with van der Waals surface area (Å²) in [7, 11) is 0. The molecule has 0 spiro atoms. The van der Waals surface area contributed by atoms with Crippen LogP contribution in [0.5, 0.6) is 0 Å². The molecule has 0 aliphatic heterocycles. The van der Waals surface area contributed by atoms with E-state index < -0.39 is 34.7 Å². The van der Waals surface area contributed by atoms with Gasteiger partial charge in [-0.1, -0.05) is 0 Å². The monoisotopic (exact) mass is 324 g/mol. The maximum atomic E-state index is 14.5. The number of rotatable bonds is 2. The van der Waals surface area contributed by atoms with Gasteiger partial charge in [0.05, 0.1) is 0 Å². The summed E-state index contributed by atoms with van der Waals surface area (Å²) in [4.78, 5) is 0. The van der Waals surface area contributed by atoms with Crippen molar-refractivity contribution in [2.45, 2.75) is 102 Å². The van der Waals surface area contributed by atoms with E-state index in [2.05, 4.69) is 0 Å². The van der Waals surface area contributed by atoms with E-state index in [4.69, 9.17) is 6.64 Å². The molecule has 0 aromatic rings. The van der Waals surface area contributed by atoms with Crippen LogP contribution in [0, 0.1) is 0 Å². The second-order valence-corrected chi connectivity index (χ2v) is 18.3. The first-order valence-electron chi connectivity index (χ1n) is 7.52. The Bertz CT molecular complexity index is 369. The van der Waals surface area contributed by atoms with Crippen LogP contribution in [0.15, 0.2) is 0 Å². The Balaban J connectivity index is 6.48. The minimum atomic E-state index is -5.08. The van der Waals surface area contributed by atoms with Crippen LogP contribution in [0.25, 0.3) is 0 Å². The molecule has 122 valence electrons. The Morgan fingerprint density at radius 2 is 0.750 bits per heavy atom. The van der Waals surface area contributed by atoms with Crippen molar-refractivity contribution in [2.24, 2.45) is 0 Å². The first-order chi connectivity index (χ1) is 8.23. The van der Waals surface area contributed by atoms with Crippen LogP contribution in [0.2, 0.25) is 7.44 Å². The van der Waals surface area contributed by atoms with Crippen LogP contribution in [-0.4, -0.2) is 11.2 Å². The van der Waals surface area contributed by atoms with Gasteiger partial charge in [0.2, 0.25) is 0 Å². The summed E-state index contributed by atoms with van der Waals surface area (Å²) in [6.45, 7) is 23.5. The molecule has 0 unspecified atom stereocenters. The van der Waals surface area contributed by atoms with Gasteiger partial charge in [-0.3, -0.25) is 0 Å². The van der Waals surface area contributed by atoms with Crippen molar-refractivity contribution in [3.8, 4) is 0 Å². The third-order valence-corrected chi connectivity index (χ3v) is 14.7. The van der Waals surface area contributed by atoms with E-state index in [0.29, 0.717) is 0 Å². The molecule has 0 saturated heterocycles. The number of hydrogen-bond acceptors (Lipinski definition) is 3. The summed E-state index contributed by atoms with van der Waals surface area (Å²) in [6, 6.07) is 0. The molecule has 0 N–H and O–H groups in total. The summed E-state index contributed by atoms with van der Waals surface area (Å²) in [5.41, 5.74) is -1.05. The SMILES string of the molecule is CC(C)(C)[O][Ti](=[O])([O]C(C)(C)C)([C](C)(C)C)[C](C)(C)C. The van der Waals surface area contributed by atoms with Gasteiger partial charge in [-0.2, -0.15) is 0 Å². The van der Waals surface area contributed by atoms with Crippen molar-refractivity contribution in [1.82, 2.24) is 0 Å². The molecule has 0 aliphatic rings. The average molecular weight is 324 g/mol. The summed E-state index contributed by atoms with van der Waals surface area (Å²) < 4.78 is 26.0. The Labute approximate surface area is 128 Å². The van der Waals surface area contributed by atoms with Crippen LogP contribution in [-0.2, 0) is 26.0 Å². The van der Waals surface area contributed by atoms with Crippen molar-refractivity contribution in [3.63, 3.8) is 0 Å². The van der Waals surface area contributed by atoms with Crippen LogP contribution in [0.1, 0.15) is 83.1 Å². The second-order valence-electron chi connectivity index (χ2n) is 9.92. The predicted molar refractivity (Wildman–Crippen MR) is 81.8 cm³/mol. The zero-order valence-electron chi connectivity index (χ0n) is 15.7. The zero-order chi connectivity index (χ0) is 16.9. The van der Waals surface area contributed by atoms with Crippen LogP contribution in [0.3, 0.4) is 0 Å². The number of hydrogen-bond donors (Lipinski definition) is 0. The van der Waals surface area contributed by atoms with Gasteiger partial charge in [0.1, 0.15) is 0 Å². The first kappa shape index (κ1) is 20.4. The molecule has 0 rings (SSSR count). The van der Waals surface area contributed by atoms with E-state index in [1.165, 1.54) is 0 Å². The summed E-state index contributed by atoms with van der Waals surface area (Å²) >= 11 is -5.08. The fraction of sp³-hybridized carbons (Fsp3) is 1.00. The zero-order valence-corrected chi connectivity index (χ0v) is 17.3. The van der Waals surface area contributed by atoms with Crippen LogP contribution in [0.4, 0.5) is 0 Å². The average Bonchev–Trinajstić information content (AvgIpc) is 1.90. The third-order valence-electron chi connectivity index (χ3n) is 3.57. The molecule has 0 amide bonds. The van der Waals surface area contributed by atoms with Gasteiger partial charge in [-0.25, -0.2) is 0 Å². The first-order valence-corrected chi connectivity index (χ1v) is 11.0. The normalized spacial score (nSPS) is 16.4. The molecule has 0 heterocycles. The maximum absolute atomic E-state index is 14.5. The van der Waals surface area contributed by atoms with Gasteiger partial charge < -0.3 is 0 Å². The fourth-order valence-corrected chi connectivity index (χ4v) is 11.8. The predicted octanol–water partition coefficient (Wildman–Crippen LogP) is 5.92. The molecular weight excluding hydrogens is 288 g/mol. The summed E-state index contributed by atoms with van der Waals surface area (Å²) in [6.07, 6.45) is 0. The van der Waals surface area contributed by atoms with Crippen molar-refractivity contribution < 1.29 is 26.0 Å². The standard InChI is InChI=1S/2C4H9O.2C4H9.O.Ti/c2*1-4(2,3)5;2*1-4(2)3;;/h2*1-3H3;2*1-3H3;;/q2*-1;;;;+2. The van der Waals surface area contributed by atoms with Crippen LogP contribution >= 0.6 is 0 Å². The van der Waals surface area contributed by atoms with E-state index in [0.717, 1.165) is 0 Å². The Hall–Kier alpha value is 0.434. The van der Waals surface area contributed by atoms with E-state index >= 15 is 0 Å². The minimum absolute atomic E-state index is 0.523. The van der Waals surface area contributed by atoms with Crippen molar-refractivity contribution in [2.75, 3.05) is 0 Å². The van der Waals surface area contributed by atoms with E-state index in [1.54, 1.807) is 0 Å². The molecule has 0 aromatic heterocycles. The molecule has 0 bridgehead atoms. The third kappa shape index (κ3) is 3.79. The molecule has 0 aromatic carbocycles. The van der Waals surface area contributed by atoms with Crippen LogP contribution < -0.4 is 0 Å². The molecule has 0 fully saturated rings. The Morgan fingerprint density at radius 1 is 0.550 bits per heavy atom. The van der Waals surface area contributed by atoms with Crippen molar-refractivity contribution in [1.29, 1.82) is 0 Å². The molecule has 4 heteroatoms. The Kier molecular flexibility index (Phi) is 5.08.